The maximum atomic E-state index is 12.4. The van der Waals surface area contributed by atoms with Crippen LogP contribution in [-0.4, -0.2) is 27.3 Å². The van der Waals surface area contributed by atoms with Crippen LogP contribution < -0.4 is 10.5 Å². The van der Waals surface area contributed by atoms with Crippen molar-refractivity contribution in [2.24, 2.45) is 5.73 Å². The molecular weight excluding hydrogens is 289 g/mol. The number of alkyl halides is 3. The quantitative estimate of drug-likeness (QED) is 0.908. The minimum absolute atomic E-state index is 0.0103. The van der Waals surface area contributed by atoms with E-state index in [1.54, 1.807) is 0 Å². The van der Waals surface area contributed by atoms with Crippen molar-refractivity contribution >= 4 is 5.91 Å². The average Bonchev–Trinajstić information content (AvgIpc) is 2.86. The summed E-state index contributed by atoms with van der Waals surface area (Å²) in [5, 5.41) is 3.92. The Bertz CT molecular complexity index is 622. The molecule has 1 aromatic carbocycles. The predicted octanol–water partition coefficient (Wildman–Crippen LogP) is 1.54. The van der Waals surface area contributed by atoms with Crippen molar-refractivity contribution in [3.63, 3.8) is 0 Å². The lowest BCUT2D eigenvalue weighted by atomic mass is 10.2. The summed E-state index contributed by atoms with van der Waals surface area (Å²) in [5.74, 6) is -0.517. The van der Waals surface area contributed by atoms with Gasteiger partial charge < -0.3 is 10.5 Å². The van der Waals surface area contributed by atoms with E-state index in [1.807, 2.05) is 0 Å². The molecule has 2 aromatic rings. The van der Waals surface area contributed by atoms with Crippen LogP contribution in [0.25, 0.3) is 5.69 Å². The first-order valence-electron chi connectivity index (χ1n) is 5.86. The molecule has 1 heterocycles. The highest BCUT2D eigenvalue weighted by Gasteiger charge is 2.30. The minimum atomic E-state index is -4.38. The molecule has 21 heavy (non-hydrogen) atoms. The maximum absolute atomic E-state index is 12.4. The van der Waals surface area contributed by atoms with Gasteiger partial charge in [-0.05, 0) is 24.3 Å². The normalized spacial score (nSPS) is 11.4. The lowest BCUT2D eigenvalue weighted by Gasteiger charge is -2.07. The molecule has 0 aliphatic rings. The number of primary amides is 1. The number of carbonyl (C=O) groups is 1. The Kier molecular flexibility index (Phi) is 4.10. The number of aromatic nitrogens is 3. The zero-order chi connectivity index (χ0) is 15.5. The molecule has 2 rings (SSSR count). The highest BCUT2D eigenvalue weighted by Crippen LogP contribution is 2.29. The van der Waals surface area contributed by atoms with Crippen LogP contribution in [0.1, 0.15) is 12.0 Å². The van der Waals surface area contributed by atoms with Crippen molar-refractivity contribution in [2.45, 2.75) is 12.6 Å². The van der Waals surface area contributed by atoms with E-state index in [4.69, 9.17) is 10.5 Å². The Labute approximate surface area is 117 Å². The molecule has 1 amide bonds. The second-order valence-corrected chi connectivity index (χ2v) is 4.08. The summed E-state index contributed by atoms with van der Waals surface area (Å²) in [7, 11) is 0. The molecule has 9 heteroatoms. The van der Waals surface area contributed by atoms with Crippen LogP contribution in [0.15, 0.2) is 30.6 Å². The Morgan fingerprint density at radius 2 is 1.95 bits per heavy atom. The predicted molar refractivity (Wildman–Crippen MR) is 65.7 cm³/mol. The van der Waals surface area contributed by atoms with Crippen LogP contribution in [0.5, 0.6) is 6.01 Å². The molecule has 0 aliphatic carbocycles. The van der Waals surface area contributed by atoms with Gasteiger partial charge in [0, 0.05) is 0 Å². The van der Waals surface area contributed by atoms with Crippen LogP contribution in [0.3, 0.4) is 0 Å². The Morgan fingerprint density at radius 1 is 1.29 bits per heavy atom. The smallest absolute Gasteiger partial charge is 0.416 e. The van der Waals surface area contributed by atoms with Crippen molar-refractivity contribution in [2.75, 3.05) is 6.61 Å². The standard InChI is InChI=1S/C12H11F3N4O2/c13-12(14,15)8-1-3-9(4-2-8)19-7-17-11(18-19)21-6-5-10(16)20/h1-4,7H,5-6H2,(H2,16,20). The molecule has 0 spiro atoms. The molecule has 2 N–H and O–H groups in total. The van der Waals surface area contributed by atoms with Crippen molar-refractivity contribution in [3.8, 4) is 11.7 Å². The minimum Gasteiger partial charge on any atom is -0.462 e. The third-order valence-electron chi connectivity index (χ3n) is 2.51. The van der Waals surface area contributed by atoms with Crippen molar-refractivity contribution in [1.29, 1.82) is 0 Å². The first kappa shape index (κ1) is 14.8. The number of hydrogen-bond donors (Lipinski definition) is 1. The third kappa shape index (κ3) is 3.94. The summed E-state index contributed by atoms with van der Waals surface area (Å²) in [4.78, 5) is 14.3. The van der Waals surface area contributed by atoms with E-state index >= 15 is 0 Å². The van der Waals surface area contributed by atoms with E-state index in [1.165, 1.54) is 23.1 Å². The summed E-state index contributed by atoms with van der Waals surface area (Å²) in [6.45, 7) is 0.0341. The molecule has 0 bridgehead atoms. The van der Waals surface area contributed by atoms with E-state index in [0.29, 0.717) is 5.69 Å². The number of ether oxygens (including phenoxy) is 1. The van der Waals surface area contributed by atoms with E-state index in [-0.39, 0.29) is 19.0 Å². The highest BCUT2D eigenvalue weighted by atomic mass is 19.4. The molecule has 0 unspecified atom stereocenters. The van der Waals surface area contributed by atoms with Gasteiger partial charge in [0.15, 0.2) is 0 Å². The number of hydrogen-bond acceptors (Lipinski definition) is 4. The van der Waals surface area contributed by atoms with Crippen LogP contribution in [0.4, 0.5) is 13.2 Å². The molecule has 0 aliphatic heterocycles. The maximum Gasteiger partial charge on any atom is 0.416 e. The molecular formula is C12H11F3N4O2. The van der Waals surface area contributed by atoms with Gasteiger partial charge in [-0.15, -0.1) is 5.10 Å². The van der Waals surface area contributed by atoms with Crippen molar-refractivity contribution in [1.82, 2.24) is 14.8 Å². The van der Waals surface area contributed by atoms with Gasteiger partial charge in [-0.1, -0.05) is 0 Å². The molecule has 0 saturated carbocycles. The average molecular weight is 300 g/mol. The van der Waals surface area contributed by atoms with E-state index in [0.717, 1.165) is 12.1 Å². The molecule has 0 saturated heterocycles. The molecule has 0 fully saturated rings. The molecule has 1 aromatic heterocycles. The van der Waals surface area contributed by atoms with Crippen LogP contribution in [0.2, 0.25) is 0 Å². The largest absolute Gasteiger partial charge is 0.462 e. The zero-order valence-corrected chi connectivity index (χ0v) is 10.7. The lowest BCUT2D eigenvalue weighted by molar-refractivity contribution is -0.137. The van der Waals surface area contributed by atoms with Crippen molar-refractivity contribution in [3.05, 3.63) is 36.2 Å². The van der Waals surface area contributed by atoms with Crippen LogP contribution >= 0.6 is 0 Å². The fourth-order valence-corrected chi connectivity index (χ4v) is 1.48. The lowest BCUT2D eigenvalue weighted by Crippen LogP contribution is -2.14. The first-order valence-corrected chi connectivity index (χ1v) is 5.86. The summed E-state index contributed by atoms with van der Waals surface area (Å²) in [5.41, 5.74) is 4.60. The van der Waals surface area contributed by atoms with Gasteiger partial charge in [0.1, 0.15) is 12.9 Å². The van der Waals surface area contributed by atoms with Gasteiger partial charge in [-0.25, -0.2) is 4.68 Å². The van der Waals surface area contributed by atoms with Gasteiger partial charge in [0.05, 0.1) is 17.7 Å². The fraction of sp³-hybridized carbons (Fsp3) is 0.250. The first-order chi connectivity index (χ1) is 9.86. The van der Waals surface area contributed by atoms with E-state index < -0.39 is 17.6 Å². The number of benzene rings is 1. The number of nitrogens with zero attached hydrogens (tertiary/aromatic N) is 3. The van der Waals surface area contributed by atoms with Gasteiger partial charge in [0.25, 0.3) is 0 Å². The molecule has 112 valence electrons. The van der Waals surface area contributed by atoms with Gasteiger partial charge in [0.2, 0.25) is 5.91 Å². The summed E-state index contributed by atoms with van der Waals surface area (Å²) in [6, 6.07) is 4.45. The monoisotopic (exact) mass is 300 g/mol. The topological polar surface area (TPSA) is 83.0 Å². The summed E-state index contributed by atoms with van der Waals surface area (Å²) >= 11 is 0. The molecule has 0 radical (unpaired) electrons. The Hall–Kier alpha value is -2.58. The van der Waals surface area contributed by atoms with Gasteiger partial charge in [-0.2, -0.15) is 18.2 Å². The Balaban J connectivity index is 2.05. The van der Waals surface area contributed by atoms with E-state index in [9.17, 15) is 18.0 Å². The van der Waals surface area contributed by atoms with Crippen molar-refractivity contribution < 1.29 is 22.7 Å². The molecule has 6 nitrogen and oxygen atoms in total. The number of carbonyl (C=O) groups excluding carboxylic acids is 1. The SMILES string of the molecule is NC(=O)CCOc1ncn(-c2ccc(C(F)(F)F)cc2)n1. The van der Waals surface area contributed by atoms with Crippen LogP contribution in [-0.2, 0) is 11.0 Å². The summed E-state index contributed by atoms with van der Waals surface area (Å²) < 4.78 is 43.7. The second kappa shape index (κ2) is 5.81. The highest BCUT2D eigenvalue weighted by molar-refractivity contribution is 5.73. The van der Waals surface area contributed by atoms with Crippen LogP contribution in [0, 0.1) is 0 Å². The van der Waals surface area contributed by atoms with Gasteiger partial charge >= 0.3 is 12.2 Å². The van der Waals surface area contributed by atoms with Gasteiger partial charge in [-0.3, -0.25) is 4.79 Å². The summed E-state index contributed by atoms with van der Waals surface area (Å²) in [6.07, 6.45) is -3.07. The second-order valence-electron chi connectivity index (χ2n) is 4.08. The number of rotatable bonds is 5. The Morgan fingerprint density at radius 3 is 2.52 bits per heavy atom. The fourth-order valence-electron chi connectivity index (χ4n) is 1.48. The third-order valence-corrected chi connectivity index (χ3v) is 2.51. The number of nitrogens with two attached hydrogens (primary N) is 1. The number of halogens is 3. The molecule has 0 atom stereocenters. The zero-order valence-electron chi connectivity index (χ0n) is 10.7. The number of amides is 1. The van der Waals surface area contributed by atoms with E-state index in [2.05, 4.69) is 10.1 Å².